The Hall–Kier alpha value is -1.42. The third kappa shape index (κ3) is 5.70. The van der Waals surface area contributed by atoms with Crippen LogP contribution in [0.4, 0.5) is 4.39 Å². The van der Waals surface area contributed by atoms with E-state index in [9.17, 15) is 9.18 Å². The van der Waals surface area contributed by atoms with Crippen LogP contribution in [0.15, 0.2) is 24.3 Å². The standard InChI is InChI=1S/C16H24FNO2/c1-13(2)12-18(10-11-20-3)16(19)9-8-14-6-4-5-7-15(14)17/h4-7,13H,8-12H2,1-3H3. The summed E-state index contributed by atoms with van der Waals surface area (Å²) in [4.78, 5) is 14.0. The summed E-state index contributed by atoms with van der Waals surface area (Å²) >= 11 is 0. The highest BCUT2D eigenvalue weighted by atomic mass is 19.1. The number of aryl methyl sites for hydroxylation is 1. The molecule has 0 N–H and O–H groups in total. The molecule has 0 bridgehead atoms. The van der Waals surface area contributed by atoms with Gasteiger partial charge >= 0.3 is 0 Å². The smallest absolute Gasteiger partial charge is 0.222 e. The zero-order chi connectivity index (χ0) is 15.0. The van der Waals surface area contributed by atoms with Gasteiger partial charge in [-0.3, -0.25) is 4.79 Å². The van der Waals surface area contributed by atoms with E-state index < -0.39 is 0 Å². The number of rotatable bonds is 8. The Morgan fingerprint density at radius 1 is 1.35 bits per heavy atom. The Labute approximate surface area is 120 Å². The SMILES string of the molecule is COCCN(CC(C)C)C(=O)CCc1ccccc1F. The van der Waals surface area contributed by atoms with Gasteiger partial charge in [-0.1, -0.05) is 32.0 Å². The monoisotopic (exact) mass is 281 g/mol. The fourth-order valence-corrected chi connectivity index (χ4v) is 2.06. The lowest BCUT2D eigenvalue weighted by Gasteiger charge is -2.24. The highest BCUT2D eigenvalue weighted by Crippen LogP contribution is 2.10. The number of carbonyl (C=O) groups is 1. The van der Waals surface area contributed by atoms with E-state index >= 15 is 0 Å². The van der Waals surface area contributed by atoms with Gasteiger partial charge in [-0.2, -0.15) is 0 Å². The molecule has 0 radical (unpaired) electrons. The van der Waals surface area contributed by atoms with Crippen LogP contribution >= 0.6 is 0 Å². The minimum Gasteiger partial charge on any atom is -0.383 e. The highest BCUT2D eigenvalue weighted by molar-refractivity contribution is 5.76. The molecule has 0 aromatic heterocycles. The number of ether oxygens (including phenoxy) is 1. The van der Waals surface area contributed by atoms with Crippen LogP contribution in [0.5, 0.6) is 0 Å². The molecule has 1 aromatic rings. The quantitative estimate of drug-likeness (QED) is 0.733. The van der Waals surface area contributed by atoms with Crippen molar-refractivity contribution in [3.05, 3.63) is 35.6 Å². The molecule has 112 valence electrons. The lowest BCUT2D eigenvalue weighted by molar-refractivity contribution is -0.132. The molecular weight excluding hydrogens is 257 g/mol. The molecule has 0 spiro atoms. The van der Waals surface area contributed by atoms with Crippen LogP contribution in [0.25, 0.3) is 0 Å². The summed E-state index contributed by atoms with van der Waals surface area (Å²) in [7, 11) is 1.62. The number of benzene rings is 1. The van der Waals surface area contributed by atoms with E-state index in [1.807, 2.05) is 0 Å². The number of amides is 1. The van der Waals surface area contributed by atoms with Gasteiger partial charge in [-0.15, -0.1) is 0 Å². The number of methoxy groups -OCH3 is 1. The normalized spacial score (nSPS) is 10.8. The second-order valence-electron chi connectivity index (χ2n) is 5.32. The van der Waals surface area contributed by atoms with E-state index in [1.54, 1.807) is 30.2 Å². The summed E-state index contributed by atoms with van der Waals surface area (Å²) < 4.78 is 18.5. The van der Waals surface area contributed by atoms with Gasteiger partial charge in [0, 0.05) is 26.6 Å². The second-order valence-corrected chi connectivity index (χ2v) is 5.32. The van der Waals surface area contributed by atoms with Gasteiger partial charge in [0.05, 0.1) is 6.61 Å². The van der Waals surface area contributed by atoms with Crippen LogP contribution in [0.3, 0.4) is 0 Å². The Morgan fingerprint density at radius 2 is 2.05 bits per heavy atom. The molecule has 3 nitrogen and oxygen atoms in total. The molecule has 0 aliphatic heterocycles. The van der Waals surface area contributed by atoms with Crippen LogP contribution in [0, 0.1) is 11.7 Å². The van der Waals surface area contributed by atoms with E-state index in [2.05, 4.69) is 13.8 Å². The van der Waals surface area contributed by atoms with Gasteiger partial charge in [0.2, 0.25) is 5.91 Å². The first-order valence-corrected chi connectivity index (χ1v) is 7.04. The largest absolute Gasteiger partial charge is 0.383 e. The van der Waals surface area contributed by atoms with E-state index in [0.29, 0.717) is 44.0 Å². The number of carbonyl (C=O) groups excluding carboxylic acids is 1. The highest BCUT2D eigenvalue weighted by Gasteiger charge is 2.15. The molecule has 0 fully saturated rings. The second kappa shape index (κ2) is 8.69. The summed E-state index contributed by atoms with van der Waals surface area (Å²) in [5, 5.41) is 0. The fraction of sp³-hybridized carbons (Fsp3) is 0.562. The van der Waals surface area contributed by atoms with Gasteiger partial charge in [-0.25, -0.2) is 4.39 Å². The predicted octanol–water partition coefficient (Wildman–Crippen LogP) is 2.89. The third-order valence-corrected chi connectivity index (χ3v) is 3.07. The van der Waals surface area contributed by atoms with Crippen LogP contribution in [-0.4, -0.2) is 37.6 Å². The van der Waals surface area contributed by atoms with Crippen molar-refractivity contribution in [2.75, 3.05) is 26.8 Å². The van der Waals surface area contributed by atoms with Gasteiger partial charge in [0.1, 0.15) is 5.82 Å². The molecule has 0 unspecified atom stereocenters. The van der Waals surface area contributed by atoms with Gasteiger partial charge < -0.3 is 9.64 Å². The lowest BCUT2D eigenvalue weighted by Crippen LogP contribution is -2.36. The third-order valence-electron chi connectivity index (χ3n) is 3.07. The van der Waals surface area contributed by atoms with Crippen molar-refractivity contribution in [2.24, 2.45) is 5.92 Å². The maximum absolute atomic E-state index is 13.5. The van der Waals surface area contributed by atoms with E-state index in [1.165, 1.54) is 6.07 Å². The molecule has 1 rings (SSSR count). The molecule has 1 aromatic carbocycles. The number of halogens is 1. The zero-order valence-corrected chi connectivity index (χ0v) is 12.6. The average Bonchev–Trinajstić information content (AvgIpc) is 2.41. The van der Waals surface area contributed by atoms with Crippen molar-refractivity contribution in [3.63, 3.8) is 0 Å². The van der Waals surface area contributed by atoms with E-state index in [4.69, 9.17) is 4.74 Å². The number of hydrogen-bond acceptors (Lipinski definition) is 2. The maximum atomic E-state index is 13.5. The molecule has 20 heavy (non-hydrogen) atoms. The molecule has 0 saturated heterocycles. The molecule has 1 amide bonds. The first-order chi connectivity index (χ1) is 9.54. The summed E-state index contributed by atoms with van der Waals surface area (Å²) in [6.07, 6.45) is 0.768. The van der Waals surface area contributed by atoms with Crippen molar-refractivity contribution in [2.45, 2.75) is 26.7 Å². The summed E-state index contributed by atoms with van der Waals surface area (Å²) in [6, 6.07) is 6.60. The topological polar surface area (TPSA) is 29.5 Å². The molecule has 0 heterocycles. The van der Waals surface area contributed by atoms with Crippen LogP contribution in [-0.2, 0) is 16.0 Å². The van der Waals surface area contributed by atoms with E-state index in [-0.39, 0.29) is 11.7 Å². The van der Waals surface area contributed by atoms with Crippen LogP contribution < -0.4 is 0 Å². The predicted molar refractivity (Wildman–Crippen MR) is 78.0 cm³/mol. The summed E-state index contributed by atoms with van der Waals surface area (Å²) in [6.45, 7) is 5.97. The first-order valence-electron chi connectivity index (χ1n) is 7.04. The first kappa shape index (κ1) is 16.6. The number of nitrogens with zero attached hydrogens (tertiary/aromatic N) is 1. The average molecular weight is 281 g/mol. The minimum atomic E-state index is -0.243. The summed E-state index contributed by atoms with van der Waals surface area (Å²) in [5.41, 5.74) is 0.595. The molecule has 0 aliphatic carbocycles. The Morgan fingerprint density at radius 3 is 2.65 bits per heavy atom. The molecule has 0 aliphatic rings. The molecule has 4 heteroatoms. The maximum Gasteiger partial charge on any atom is 0.222 e. The Balaban J connectivity index is 2.54. The minimum absolute atomic E-state index is 0.0546. The van der Waals surface area contributed by atoms with Crippen molar-refractivity contribution in [1.29, 1.82) is 0 Å². The van der Waals surface area contributed by atoms with Gasteiger partial charge in [-0.05, 0) is 24.0 Å². The van der Waals surface area contributed by atoms with Crippen molar-refractivity contribution >= 4 is 5.91 Å². The zero-order valence-electron chi connectivity index (χ0n) is 12.6. The Kier molecular flexibility index (Phi) is 7.23. The van der Waals surface area contributed by atoms with Gasteiger partial charge in [0.15, 0.2) is 0 Å². The fourth-order valence-electron chi connectivity index (χ4n) is 2.06. The van der Waals surface area contributed by atoms with Crippen molar-refractivity contribution in [3.8, 4) is 0 Å². The summed E-state index contributed by atoms with van der Waals surface area (Å²) in [5.74, 6) is 0.218. The Bertz CT molecular complexity index is 421. The van der Waals surface area contributed by atoms with Gasteiger partial charge in [0.25, 0.3) is 0 Å². The lowest BCUT2D eigenvalue weighted by atomic mass is 10.1. The molecule has 0 atom stereocenters. The number of hydrogen-bond donors (Lipinski definition) is 0. The van der Waals surface area contributed by atoms with Crippen LogP contribution in [0.1, 0.15) is 25.8 Å². The molecule has 0 saturated carbocycles. The van der Waals surface area contributed by atoms with E-state index in [0.717, 1.165) is 0 Å². The molecular formula is C16H24FNO2. The van der Waals surface area contributed by atoms with Crippen molar-refractivity contribution in [1.82, 2.24) is 4.90 Å². The van der Waals surface area contributed by atoms with Crippen LogP contribution in [0.2, 0.25) is 0 Å². The van der Waals surface area contributed by atoms with Crippen molar-refractivity contribution < 1.29 is 13.9 Å².